The highest BCUT2D eigenvalue weighted by atomic mass is 79.9. The highest BCUT2D eigenvalue weighted by molar-refractivity contribution is 9.10. The normalized spacial score (nSPS) is 12.1. The Balaban J connectivity index is 2.90. The zero-order valence-corrected chi connectivity index (χ0v) is 8.82. The van der Waals surface area contributed by atoms with E-state index in [1.165, 1.54) is 0 Å². The number of carbonyl (C=O) groups is 2. The molecule has 0 aromatic heterocycles. The van der Waals surface area contributed by atoms with Gasteiger partial charge < -0.3 is 11.5 Å². The van der Waals surface area contributed by atoms with E-state index in [-0.39, 0.29) is 0 Å². The van der Waals surface area contributed by atoms with Crippen LogP contribution in [0.3, 0.4) is 0 Å². The van der Waals surface area contributed by atoms with Crippen LogP contribution in [0.1, 0.15) is 10.4 Å². The summed E-state index contributed by atoms with van der Waals surface area (Å²) < 4.78 is 0.849. The SMILES string of the molecule is NC(=O)C(N)C(=O)c1ccc(Br)cc1. The first-order valence-electron chi connectivity index (χ1n) is 3.87. The zero-order chi connectivity index (χ0) is 10.7. The maximum atomic E-state index is 11.5. The third-order valence-electron chi connectivity index (χ3n) is 1.72. The van der Waals surface area contributed by atoms with Gasteiger partial charge in [0, 0.05) is 10.0 Å². The summed E-state index contributed by atoms with van der Waals surface area (Å²) in [7, 11) is 0. The van der Waals surface area contributed by atoms with Gasteiger partial charge >= 0.3 is 0 Å². The number of benzene rings is 1. The van der Waals surface area contributed by atoms with Crippen LogP contribution < -0.4 is 11.5 Å². The number of amides is 1. The van der Waals surface area contributed by atoms with E-state index in [4.69, 9.17) is 11.5 Å². The van der Waals surface area contributed by atoms with Gasteiger partial charge in [-0.25, -0.2) is 0 Å². The average Bonchev–Trinajstić information content (AvgIpc) is 2.16. The van der Waals surface area contributed by atoms with Crippen molar-refractivity contribution in [3.63, 3.8) is 0 Å². The molecule has 0 aliphatic carbocycles. The van der Waals surface area contributed by atoms with Gasteiger partial charge in [0.1, 0.15) is 6.04 Å². The van der Waals surface area contributed by atoms with Gasteiger partial charge in [0.05, 0.1) is 0 Å². The molecule has 1 unspecified atom stereocenters. The van der Waals surface area contributed by atoms with Gasteiger partial charge in [-0.1, -0.05) is 28.1 Å². The molecule has 4 nitrogen and oxygen atoms in total. The summed E-state index contributed by atoms with van der Waals surface area (Å²) in [6.45, 7) is 0. The highest BCUT2D eigenvalue weighted by Crippen LogP contribution is 2.11. The van der Waals surface area contributed by atoms with Crippen molar-refractivity contribution in [2.24, 2.45) is 11.5 Å². The predicted octanol–water partition coefficient (Wildman–Crippen LogP) is 0.444. The first kappa shape index (κ1) is 10.9. The lowest BCUT2D eigenvalue weighted by Gasteiger charge is -2.05. The minimum Gasteiger partial charge on any atom is -0.368 e. The lowest BCUT2D eigenvalue weighted by Crippen LogP contribution is -2.43. The average molecular weight is 257 g/mol. The van der Waals surface area contributed by atoms with Crippen LogP contribution in [0.15, 0.2) is 28.7 Å². The van der Waals surface area contributed by atoms with E-state index >= 15 is 0 Å². The van der Waals surface area contributed by atoms with Gasteiger partial charge in [-0.05, 0) is 12.1 Å². The fraction of sp³-hybridized carbons (Fsp3) is 0.111. The molecule has 4 N–H and O–H groups in total. The monoisotopic (exact) mass is 256 g/mol. The second kappa shape index (κ2) is 4.34. The summed E-state index contributed by atoms with van der Waals surface area (Å²) in [5, 5.41) is 0. The molecule has 1 atom stereocenters. The Morgan fingerprint density at radius 3 is 2.14 bits per heavy atom. The number of rotatable bonds is 3. The van der Waals surface area contributed by atoms with Gasteiger partial charge in [0.15, 0.2) is 5.78 Å². The molecule has 5 heteroatoms. The fourth-order valence-electron chi connectivity index (χ4n) is 0.923. The molecule has 0 bridgehead atoms. The van der Waals surface area contributed by atoms with Crippen molar-refractivity contribution in [2.75, 3.05) is 0 Å². The Morgan fingerprint density at radius 1 is 1.21 bits per heavy atom. The number of ketones is 1. The summed E-state index contributed by atoms with van der Waals surface area (Å²) in [6.07, 6.45) is 0. The molecule has 0 heterocycles. The Labute approximate surface area is 89.4 Å². The third kappa shape index (κ3) is 2.40. The maximum absolute atomic E-state index is 11.5. The fourth-order valence-corrected chi connectivity index (χ4v) is 1.19. The summed E-state index contributed by atoms with van der Waals surface area (Å²) in [6, 6.07) is 5.28. The molecule has 0 saturated carbocycles. The molecule has 0 saturated heterocycles. The minimum absolute atomic E-state index is 0.375. The van der Waals surface area contributed by atoms with Crippen LogP contribution in [0.5, 0.6) is 0 Å². The number of carbonyl (C=O) groups excluding carboxylic acids is 2. The van der Waals surface area contributed by atoms with Gasteiger partial charge in [0.25, 0.3) is 0 Å². The Kier molecular flexibility index (Phi) is 3.38. The second-order valence-corrected chi connectivity index (χ2v) is 3.67. The highest BCUT2D eigenvalue weighted by Gasteiger charge is 2.20. The minimum atomic E-state index is -1.27. The Morgan fingerprint density at radius 2 is 1.71 bits per heavy atom. The molecular weight excluding hydrogens is 248 g/mol. The topological polar surface area (TPSA) is 86.2 Å². The van der Waals surface area contributed by atoms with E-state index in [1.807, 2.05) is 0 Å². The first-order valence-corrected chi connectivity index (χ1v) is 4.66. The number of Topliss-reactive ketones (excluding diaryl/α,β-unsaturated/α-hetero) is 1. The smallest absolute Gasteiger partial charge is 0.242 e. The van der Waals surface area contributed by atoms with E-state index in [2.05, 4.69) is 15.9 Å². The van der Waals surface area contributed by atoms with Crippen LogP contribution in [0, 0.1) is 0 Å². The van der Waals surface area contributed by atoms with E-state index in [0.717, 1.165) is 4.47 Å². The molecule has 1 aromatic rings. The van der Waals surface area contributed by atoms with Gasteiger partial charge in [-0.3, -0.25) is 9.59 Å². The Hall–Kier alpha value is -1.20. The molecule has 0 aliphatic rings. The molecule has 0 radical (unpaired) electrons. The molecule has 74 valence electrons. The summed E-state index contributed by atoms with van der Waals surface area (Å²) in [4.78, 5) is 22.1. The van der Waals surface area contributed by atoms with Crippen molar-refractivity contribution >= 4 is 27.6 Å². The van der Waals surface area contributed by atoms with Crippen LogP contribution in [-0.4, -0.2) is 17.7 Å². The molecule has 1 rings (SSSR count). The van der Waals surface area contributed by atoms with E-state index < -0.39 is 17.7 Å². The van der Waals surface area contributed by atoms with Crippen LogP contribution in [0.25, 0.3) is 0 Å². The molecule has 14 heavy (non-hydrogen) atoms. The lowest BCUT2D eigenvalue weighted by atomic mass is 10.0. The molecule has 1 aromatic carbocycles. The molecule has 0 fully saturated rings. The number of hydrogen-bond acceptors (Lipinski definition) is 3. The van der Waals surface area contributed by atoms with Crippen LogP contribution in [-0.2, 0) is 4.79 Å². The van der Waals surface area contributed by atoms with E-state index in [1.54, 1.807) is 24.3 Å². The molecule has 1 amide bonds. The third-order valence-corrected chi connectivity index (χ3v) is 2.25. The molecule has 0 aliphatic heterocycles. The van der Waals surface area contributed by atoms with Crippen molar-refractivity contribution < 1.29 is 9.59 Å². The van der Waals surface area contributed by atoms with Crippen LogP contribution >= 0.6 is 15.9 Å². The molecule has 0 spiro atoms. The Bertz CT molecular complexity index is 362. The lowest BCUT2D eigenvalue weighted by molar-refractivity contribution is -0.118. The number of nitrogens with two attached hydrogens (primary N) is 2. The summed E-state index contributed by atoms with van der Waals surface area (Å²) in [5.41, 5.74) is 10.6. The van der Waals surface area contributed by atoms with Gasteiger partial charge in [-0.15, -0.1) is 0 Å². The van der Waals surface area contributed by atoms with Crippen molar-refractivity contribution in [1.29, 1.82) is 0 Å². The quantitative estimate of drug-likeness (QED) is 0.608. The first-order chi connectivity index (χ1) is 6.52. The largest absolute Gasteiger partial charge is 0.368 e. The van der Waals surface area contributed by atoms with Crippen LogP contribution in [0.4, 0.5) is 0 Å². The number of primary amides is 1. The number of hydrogen-bond donors (Lipinski definition) is 2. The maximum Gasteiger partial charge on any atom is 0.242 e. The van der Waals surface area contributed by atoms with Gasteiger partial charge in [-0.2, -0.15) is 0 Å². The van der Waals surface area contributed by atoms with Crippen molar-refractivity contribution in [1.82, 2.24) is 0 Å². The van der Waals surface area contributed by atoms with E-state index in [9.17, 15) is 9.59 Å². The van der Waals surface area contributed by atoms with E-state index in [0.29, 0.717) is 5.56 Å². The van der Waals surface area contributed by atoms with Crippen molar-refractivity contribution in [2.45, 2.75) is 6.04 Å². The summed E-state index contributed by atoms with van der Waals surface area (Å²) >= 11 is 3.23. The number of halogens is 1. The van der Waals surface area contributed by atoms with Crippen LogP contribution in [0.2, 0.25) is 0 Å². The van der Waals surface area contributed by atoms with Crippen molar-refractivity contribution in [3.05, 3.63) is 34.3 Å². The second-order valence-electron chi connectivity index (χ2n) is 2.75. The zero-order valence-electron chi connectivity index (χ0n) is 7.24. The predicted molar refractivity (Wildman–Crippen MR) is 55.6 cm³/mol. The van der Waals surface area contributed by atoms with Gasteiger partial charge in [0.2, 0.25) is 5.91 Å². The van der Waals surface area contributed by atoms with Crippen molar-refractivity contribution in [3.8, 4) is 0 Å². The standard InChI is InChI=1S/C9H9BrN2O2/c10-6-3-1-5(2-4-6)8(13)7(11)9(12)14/h1-4,7H,11H2,(H2,12,14). The molecular formula is C9H9BrN2O2. The summed E-state index contributed by atoms with van der Waals surface area (Å²) in [5.74, 6) is -1.29.